The molecule has 0 heterocycles. The van der Waals surface area contributed by atoms with Gasteiger partial charge in [0.25, 0.3) is 0 Å². The molecular formula is C16H18ClNO. The molecule has 0 amide bonds. The van der Waals surface area contributed by atoms with Gasteiger partial charge in [-0.25, -0.2) is 0 Å². The molecule has 3 rings (SSSR count). The largest absolute Gasteiger partial charge is 0.395 e. The van der Waals surface area contributed by atoms with Gasteiger partial charge in [0.05, 0.1) is 6.61 Å². The molecule has 0 radical (unpaired) electrons. The zero-order valence-corrected chi connectivity index (χ0v) is 11.5. The number of fused-ring (bicyclic) bond motifs is 3. The third-order valence-electron chi connectivity index (χ3n) is 3.59. The molecule has 2 aromatic rings. The first kappa shape index (κ1) is 14.1. The number of nitrogens with two attached hydrogens (primary N) is 1. The van der Waals surface area contributed by atoms with Gasteiger partial charge in [-0.2, -0.15) is 0 Å². The van der Waals surface area contributed by atoms with Crippen molar-refractivity contribution in [1.29, 1.82) is 0 Å². The van der Waals surface area contributed by atoms with Crippen LogP contribution in [-0.4, -0.2) is 17.8 Å². The van der Waals surface area contributed by atoms with Gasteiger partial charge >= 0.3 is 0 Å². The monoisotopic (exact) mass is 275 g/mol. The van der Waals surface area contributed by atoms with Crippen molar-refractivity contribution in [2.75, 3.05) is 6.61 Å². The van der Waals surface area contributed by atoms with Gasteiger partial charge in [-0.15, -0.1) is 12.4 Å². The van der Waals surface area contributed by atoms with Crippen molar-refractivity contribution >= 4 is 12.4 Å². The average Bonchev–Trinajstić information content (AvgIpc) is 2.76. The van der Waals surface area contributed by atoms with Crippen LogP contribution in [0.5, 0.6) is 0 Å². The van der Waals surface area contributed by atoms with E-state index in [1.807, 2.05) is 0 Å². The molecule has 0 bridgehead atoms. The van der Waals surface area contributed by atoms with E-state index in [9.17, 15) is 0 Å². The Labute approximate surface area is 119 Å². The highest BCUT2D eigenvalue weighted by molar-refractivity contribution is 5.85. The second-order valence-electron chi connectivity index (χ2n) is 4.97. The molecule has 1 aliphatic rings. The molecule has 0 fully saturated rings. The summed E-state index contributed by atoms with van der Waals surface area (Å²) in [4.78, 5) is 0. The van der Waals surface area contributed by atoms with E-state index in [-0.39, 0.29) is 25.1 Å². The maximum absolute atomic E-state index is 9.01. The molecule has 0 spiro atoms. The van der Waals surface area contributed by atoms with Gasteiger partial charge < -0.3 is 10.8 Å². The predicted molar refractivity (Wildman–Crippen MR) is 80.7 cm³/mol. The number of hydrogen-bond donors (Lipinski definition) is 2. The Kier molecular flexibility index (Phi) is 4.25. The summed E-state index contributed by atoms with van der Waals surface area (Å²) in [5.74, 6) is 0. The molecule has 3 N–H and O–H groups in total. The number of hydrogen-bond acceptors (Lipinski definition) is 2. The zero-order valence-electron chi connectivity index (χ0n) is 10.7. The minimum absolute atomic E-state index is 0. The zero-order chi connectivity index (χ0) is 12.5. The Morgan fingerprint density at radius 2 is 1.79 bits per heavy atom. The van der Waals surface area contributed by atoms with Crippen molar-refractivity contribution in [3.8, 4) is 11.1 Å². The van der Waals surface area contributed by atoms with Crippen molar-refractivity contribution in [2.24, 2.45) is 5.73 Å². The van der Waals surface area contributed by atoms with Crippen LogP contribution in [0.3, 0.4) is 0 Å². The van der Waals surface area contributed by atoms with Crippen LogP contribution in [0.15, 0.2) is 42.5 Å². The molecule has 3 heteroatoms. The molecule has 2 nitrogen and oxygen atoms in total. The van der Waals surface area contributed by atoms with Gasteiger partial charge in [0.15, 0.2) is 0 Å². The quantitative estimate of drug-likeness (QED) is 0.772. The lowest BCUT2D eigenvalue weighted by atomic mass is 10.00. The molecule has 0 aromatic heterocycles. The highest BCUT2D eigenvalue weighted by Crippen LogP contribution is 2.36. The maximum Gasteiger partial charge on any atom is 0.0585 e. The minimum atomic E-state index is -0.160. The molecule has 2 aromatic carbocycles. The lowest BCUT2D eigenvalue weighted by molar-refractivity contribution is 0.265. The molecule has 19 heavy (non-hydrogen) atoms. The van der Waals surface area contributed by atoms with Crippen LogP contribution in [0.2, 0.25) is 0 Å². The molecule has 1 atom stereocenters. The third kappa shape index (κ3) is 2.66. The summed E-state index contributed by atoms with van der Waals surface area (Å²) in [5.41, 5.74) is 12.5. The van der Waals surface area contributed by atoms with E-state index in [2.05, 4.69) is 42.5 Å². The fraction of sp³-hybridized carbons (Fsp3) is 0.250. The van der Waals surface area contributed by atoms with Crippen LogP contribution in [0.25, 0.3) is 11.1 Å². The lowest BCUT2D eigenvalue weighted by Gasteiger charge is -2.09. The summed E-state index contributed by atoms with van der Waals surface area (Å²) in [6.07, 6.45) is 1.74. The van der Waals surface area contributed by atoms with Crippen molar-refractivity contribution in [3.05, 3.63) is 59.2 Å². The van der Waals surface area contributed by atoms with Crippen LogP contribution >= 0.6 is 12.4 Å². The third-order valence-corrected chi connectivity index (χ3v) is 3.59. The van der Waals surface area contributed by atoms with Gasteiger partial charge in [0.2, 0.25) is 0 Å². The smallest absolute Gasteiger partial charge is 0.0585 e. The fourth-order valence-corrected chi connectivity index (χ4v) is 2.69. The number of aliphatic hydroxyl groups is 1. The fourth-order valence-electron chi connectivity index (χ4n) is 2.69. The van der Waals surface area contributed by atoms with Gasteiger partial charge in [-0.05, 0) is 40.7 Å². The van der Waals surface area contributed by atoms with Gasteiger partial charge in [0, 0.05) is 6.04 Å². The molecule has 1 unspecified atom stereocenters. The van der Waals surface area contributed by atoms with Gasteiger partial charge in [-0.3, -0.25) is 0 Å². The number of aliphatic hydroxyl groups excluding tert-OH is 1. The SMILES string of the molecule is Cl.NC(CO)Cc1ccc2c(c1)Cc1ccccc1-2. The first-order valence-electron chi connectivity index (χ1n) is 6.34. The summed E-state index contributed by atoms with van der Waals surface area (Å²) in [6.45, 7) is 0.0390. The standard InChI is InChI=1S/C16H17NO.ClH/c17-14(10-18)8-11-5-6-16-13(7-11)9-12-3-1-2-4-15(12)16;/h1-7,14,18H,8-10,17H2;1H. The summed E-state index contributed by atoms with van der Waals surface area (Å²) < 4.78 is 0. The molecule has 100 valence electrons. The van der Waals surface area contributed by atoms with E-state index in [0.717, 1.165) is 12.8 Å². The predicted octanol–water partition coefficient (Wildman–Crippen LogP) is 2.54. The molecule has 0 saturated heterocycles. The van der Waals surface area contributed by atoms with Crippen molar-refractivity contribution < 1.29 is 5.11 Å². The molecular weight excluding hydrogens is 258 g/mol. The van der Waals surface area contributed by atoms with Crippen molar-refractivity contribution in [2.45, 2.75) is 18.9 Å². The Bertz CT molecular complexity index is 583. The van der Waals surface area contributed by atoms with Gasteiger partial charge in [0.1, 0.15) is 0 Å². The number of rotatable bonds is 3. The maximum atomic E-state index is 9.01. The van der Waals surface area contributed by atoms with E-state index < -0.39 is 0 Å². The van der Waals surface area contributed by atoms with Crippen LogP contribution in [0.4, 0.5) is 0 Å². The Balaban J connectivity index is 0.00000133. The summed E-state index contributed by atoms with van der Waals surface area (Å²) >= 11 is 0. The number of halogens is 1. The molecule has 0 aliphatic heterocycles. The Hall–Kier alpha value is -1.35. The lowest BCUT2D eigenvalue weighted by Crippen LogP contribution is -2.26. The van der Waals surface area contributed by atoms with Crippen LogP contribution < -0.4 is 5.73 Å². The normalized spacial score (nSPS) is 13.4. The number of benzene rings is 2. The Morgan fingerprint density at radius 1 is 1.05 bits per heavy atom. The van der Waals surface area contributed by atoms with Gasteiger partial charge in [-0.1, -0.05) is 42.5 Å². The summed E-state index contributed by atoms with van der Waals surface area (Å²) in [7, 11) is 0. The van der Waals surface area contributed by atoms with E-state index in [1.165, 1.54) is 27.8 Å². The first-order valence-corrected chi connectivity index (χ1v) is 6.34. The topological polar surface area (TPSA) is 46.2 Å². The van der Waals surface area contributed by atoms with Crippen LogP contribution in [-0.2, 0) is 12.8 Å². The van der Waals surface area contributed by atoms with Crippen molar-refractivity contribution in [1.82, 2.24) is 0 Å². The van der Waals surface area contributed by atoms with E-state index in [4.69, 9.17) is 10.8 Å². The minimum Gasteiger partial charge on any atom is -0.395 e. The second kappa shape index (κ2) is 5.74. The average molecular weight is 276 g/mol. The summed E-state index contributed by atoms with van der Waals surface area (Å²) in [6, 6.07) is 14.9. The van der Waals surface area contributed by atoms with Crippen molar-refractivity contribution in [3.63, 3.8) is 0 Å². The molecule has 0 saturated carbocycles. The van der Waals surface area contributed by atoms with Crippen LogP contribution in [0, 0.1) is 0 Å². The second-order valence-corrected chi connectivity index (χ2v) is 4.97. The highest BCUT2D eigenvalue weighted by Gasteiger charge is 2.17. The van der Waals surface area contributed by atoms with E-state index >= 15 is 0 Å². The first-order chi connectivity index (χ1) is 8.78. The summed E-state index contributed by atoms with van der Waals surface area (Å²) in [5, 5.41) is 9.01. The molecule has 1 aliphatic carbocycles. The van der Waals surface area contributed by atoms with E-state index in [1.54, 1.807) is 0 Å². The Morgan fingerprint density at radius 3 is 2.58 bits per heavy atom. The van der Waals surface area contributed by atoms with Crippen LogP contribution in [0.1, 0.15) is 16.7 Å². The van der Waals surface area contributed by atoms with E-state index in [0.29, 0.717) is 0 Å². The highest BCUT2D eigenvalue weighted by atomic mass is 35.5.